The van der Waals surface area contributed by atoms with E-state index in [0.29, 0.717) is 5.56 Å². The summed E-state index contributed by atoms with van der Waals surface area (Å²) in [6, 6.07) is 8.06. The Bertz CT molecular complexity index is 821. The molecule has 0 aliphatic rings. The van der Waals surface area contributed by atoms with Crippen molar-refractivity contribution in [2.75, 3.05) is 0 Å². The second-order valence-electron chi connectivity index (χ2n) is 4.10. The molecule has 102 valence electrons. The van der Waals surface area contributed by atoms with Crippen molar-refractivity contribution in [3.05, 3.63) is 48.4 Å². The molecule has 2 heterocycles. The summed E-state index contributed by atoms with van der Waals surface area (Å²) < 4.78 is 35.1. The summed E-state index contributed by atoms with van der Waals surface area (Å²) in [5, 5.41) is 3.53. The molecule has 20 heavy (non-hydrogen) atoms. The van der Waals surface area contributed by atoms with Crippen LogP contribution in [-0.4, -0.2) is 18.6 Å². The second-order valence-corrected chi connectivity index (χ2v) is 5.96. The summed E-state index contributed by atoms with van der Waals surface area (Å²) in [4.78, 5) is 4.08. The summed E-state index contributed by atoms with van der Waals surface area (Å²) in [5.41, 5.74) is 0.372. The molecule has 0 spiro atoms. The monoisotopic (exact) mass is 290 g/mol. The third kappa shape index (κ3) is 1.92. The molecule has 0 unspecified atom stereocenters. The van der Waals surface area contributed by atoms with Crippen LogP contribution in [0.25, 0.3) is 11.7 Å². The van der Waals surface area contributed by atoms with Crippen molar-refractivity contribution < 1.29 is 17.4 Å². The van der Waals surface area contributed by atoms with E-state index in [2.05, 4.69) is 10.1 Å². The maximum Gasteiger partial charge on any atom is 0.265 e. The van der Waals surface area contributed by atoms with Crippen LogP contribution in [0.15, 0.2) is 61.7 Å². The van der Waals surface area contributed by atoms with Crippen LogP contribution in [0.1, 0.15) is 5.56 Å². The Balaban J connectivity index is 2.13. The normalized spacial score (nSPS) is 11.7. The molecule has 2 aromatic heterocycles. The number of oxazole rings is 1. The number of rotatable bonds is 3. The van der Waals surface area contributed by atoms with Gasteiger partial charge in [-0.3, -0.25) is 0 Å². The van der Waals surface area contributed by atoms with Gasteiger partial charge in [-0.2, -0.15) is 0 Å². The first-order chi connectivity index (χ1) is 9.60. The molecule has 0 saturated heterocycles. The summed E-state index contributed by atoms with van der Waals surface area (Å²) in [6.07, 6.45) is 2.82. The third-order valence-corrected chi connectivity index (χ3v) is 4.60. The number of hydrogen-bond acceptors (Lipinski definition) is 6. The van der Waals surface area contributed by atoms with E-state index in [1.807, 2.05) is 0 Å². The standard InChI is InChI=1S/C13H10N2O4S/c1-9-11(12-14-7-8-18-12)19-15-13(9)20(16,17)10-5-3-2-4-6-10/h2-8H,1H3. The zero-order valence-corrected chi connectivity index (χ0v) is 11.3. The van der Waals surface area contributed by atoms with Gasteiger partial charge >= 0.3 is 0 Å². The van der Waals surface area contributed by atoms with E-state index < -0.39 is 9.84 Å². The quantitative estimate of drug-likeness (QED) is 0.736. The Labute approximate surface area is 115 Å². The minimum Gasteiger partial charge on any atom is -0.442 e. The van der Waals surface area contributed by atoms with Crippen molar-refractivity contribution >= 4 is 9.84 Å². The van der Waals surface area contributed by atoms with Crippen molar-refractivity contribution in [3.8, 4) is 11.7 Å². The average molecular weight is 290 g/mol. The van der Waals surface area contributed by atoms with Gasteiger partial charge in [-0.1, -0.05) is 23.4 Å². The van der Waals surface area contributed by atoms with Gasteiger partial charge < -0.3 is 8.94 Å². The molecule has 0 fully saturated rings. The lowest BCUT2D eigenvalue weighted by Crippen LogP contribution is -2.03. The number of hydrogen-bond donors (Lipinski definition) is 0. The molecule has 3 aromatic rings. The smallest absolute Gasteiger partial charge is 0.265 e. The second kappa shape index (κ2) is 4.61. The Morgan fingerprint density at radius 1 is 1.15 bits per heavy atom. The van der Waals surface area contributed by atoms with E-state index in [4.69, 9.17) is 8.94 Å². The molecule has 0 atom stereocenters. The van der Waals surface area contributed by atoms with E-state index in [-0.39, 0.29) is 21.6 Å². The zero-order chi connectivity index (χ0) is 14.2. The molecule has 0 amide bonds. The zero-order valence-electron chi connectivity index (χ0n) is 10.5. The SMILES string of the molecule is Cc1c(S(=O)(=O)c2ccccc2)noc1-c1ncco1. The van der Waals surface area contributed by atoms with Gasteiger partial charge in [0.05, 0.1) is 11.1 Å². The molecule has 3 rings (SSSR count). The topological polar surface area (TPSA) is 86.2 Å². The van der Waals surface area contributed by atoms with Crippen LogP contribution in [0, 0.1) is 6.92 Å². The van der Waals surface area contributed by atoms with Gasteiger partial charge in [0, 0.05) is 5.56 Å². The minimum atomic E-state index is -3.71. The summed E-state index contributed by atoms with van der Waals surface area (Å²) in [5.74, 6) is 0.411. The maximum atomic E-state index is 12.5. The van der Waals surface area contributed by atoms with Crippen LogP contribution >= 0.6 is 0 Å². The van der Waals surface area contributed by atoms with Gasteiger partial charge in [0.1, 0.15) is 6.26 Å². The minimum absolute atomic E-state index is 0.128. The van der Waals surface area contributed by atoms with Crippen LogP contribution in [0.2, 0.25) is 0 Å². The molecule has 0 saturated carbocycles. The number of benzene rings is 1. The van der Waals surface area contributed by atoms with Crippen molar-refractivity contribution in [2.45, 2.75) is 16.8 Å². The summed E-state index contributed by atoms with van der Waals surface area (Å²) in [6.45, 7) is 1.60. The molecule has 0 radical (unpaired) electrons. The fourth-order valence-corrected chi connectivity index (χ4v) is 3.19. The highest BCUT2D eigenvalue weighted by molar-refractivity contribution is 7.91. The molecule has 1 aromatic carbocycles. The van der Waals surface area contributed by atoms with Gasteiger partial charge in [-0.15, -0.1) is 0 Å². The largest absolute Gasteiger partial charge is 0.442 e. The Kier molecular flexibility index (Phi) is 2.90. The highest BCUT2D eigenvalue weighted by atomic mass is 32.2. The van der Waals surface area contributed by atoms with Crippen LogP contribution in [0.4, 0.5) is 0 Å². The predicted octanol–water partition coefficient (Wildman–Crippen LogP) is 2.47. The molecule has 0 aliphatic carbocycles. The first kappa shape index (κ1) is 12.6. The molecular weight excluding hydrogens is 280 g/mol. The lowest BCUT2D eigenvalue weighted by molar-refractivity contribution is 0.398. The molecule has 6 nitrogen and oxygen atoms in total. The highest BCUT2D eigenvalue weighted by Gasteiger charge is 2.28. The van der Waals surface area contributed by atoms with Crippen LogP contribution in [0.5, 0.6) is 0 Å². The van der Waals surface area contributed by atoms with E-state index in [9.17, 15) is 8.42 Å². The molecule has 0 bridgehead atoms. The van der Waals surface area contributed by atoms with Gasteiger partial charge in [-0.05, 0) is 19.1 Å². The Morgan fingerprint density at radius 3 is 2.55 bits per heavy atom. The van der Waals surface area contributed by atoms with E-state index in [0.717, 1.165) is 0 Å². The van der Waals surface area contributed by atoms with E-state index in [1.165, 1.54) is 24.6 Å². The Hall–Kier alpha value is -2.41. The van der Waals surface area contributed by atoms with E-state index in [1.54, 1.807) is 25.1 Å². The predicted molar refractivity (Wildman–Crippen MR) is 68.6 cm³/mol. The third-order valence-electron chi connectivity index (χ3n) is 2.82. The van der Waals surface area contributed by atoms with Crippen molar-refractivity contribution in [1.29, 1.82) is 0 Å². The van der Waals surface area contributed by atoms with Gasteiger partial charge in [0.2, 0.25) is 20.6 Å². The van der Waals surface area contributed by atoms with Crippen LogP contribution in [0.3, 0.4) is 0 Å². The lowest BCUT2D eigenvalue weighted by Gasteiger charge is -2.00. The maximum absolute atomic E-state index is 12.5. The number of aromatic nitrogens is 2. The summed E-state index contributed by atoms with van der Waals surface area (Å²) in [7, 11) is -3.71. The molecule has 0 N–H and O–H groups in total. The first-order valence-electron chi connectivity index (χ1n) is 5.77. The van der Waals surface area contributed by atoms with Gasteiger partial charge in [0.25, 0.3) is 5.89 Å². The lowest BCUT2D eigenvalue weighted by atomic mass is 10.3. The van der Waals surface area contributed by atoms with Crippen molar-refractivity contribution in [1.82, 2.24) is 10.1 Å². The van der Waals surface area contributed by atoms with Crippen LogP contribution in [-0.2, 0) is 9.84 Å². The Morgan fingerprint density at radius 2 is 1.90 bits per heavy atom. The average Bonchev–Trinajstić information content (AvgIpc) is 3.08. The number of sulfone groups is 1. The molecule has 7 heteroatoms. The fraction of sp³-hybridized carbons (Fsp3) is 0.0769. The van der Waals surface area contributed by atoms with Crippen molar-refractivity contribution in [2.24, 2.45) is 0 Å². The van der Waals surface area contributed by atoms with E-state index >= 15 is 0 Å². The van der Waals surface area contributed by atoms with Crippen LogP contribution < -0.4 is 0 Å². The molecule has 0 aliphatic heterocycles. The van der Waals surface area contributed by atoms with Gasteiger partial charge in [0.15, 0.2) is 0 Å². The highest BCUT2D eigenvalue weighted by Crippen LogP contribution is 2.29. The number of nitrogens with zero attached hydrogens (tertiary/aromatic N) is 2. The first-order valence-corrected chi connectivity index (χ1v) is 7.25. The molecular formula is C13H10N2O4S. The van der Waals surface area contributed by atoms with Crippen molar-refractivity contribution in [3.63, 3.8) is 0 Å². The summed E-state index contributed by atoms with van der Waals surface area (Å²) >= 11 is 0. The fourth-order valence-electron chi connectivity index (χ4n) is 1.82. The van der Waals surface area contributed by atoms with Gasteiger partial charge in [-0.25, -0.2) is 13.4 Å².